The summed E-state index contributed by atoms with van der Waals surface area (Å²) >= 11 is 6.51. The van der Waals surface area contributed by atoms with Crippen molar-refractivity contribution < 1.29 is 14.3 Å². The molecule has 0 saturated heterocycles. The van der Waals surface area contributed by atoms with Crippen LogP contribution in [-0.2, 0) is 9.53 Å². The van der Waals surface area contributed by atoms with Crippen molar-refractivity contribution in [1.29, 1.82) is 0 Å². The van der Waals surface area contributed by atoms with Crippen LogP contribution in [0.1, 0.15) is 28.2 Å². The molecule has 1 aliphatic rings. The summed E-state index contributed by atoms with van der Waals surface area (Å²) in [5, 5.41) is -0.494. The summed E-state index contributed by atoms with van der Waals surface area (Å²) in [6, 6.07) is 14.1. The number of benzene rings is 2. The SMILES string of the molecule is COC(=O)C1C(Cl)c2ccccc2N1c1ccc(C(C)=O)cc1. The average molecular weight is 330 g/mol. The van der Waals surface area contributed by atoms with Crippen LogP contribution in [0.5, 0.6) is 0 Å². The van der Waals surface area contributed by atoms with Crippen molar-refractivity contribution in [2.24, 2.45) is 0 Å². The Morgan fingerprint density at radius 3 is 2.35 bits per heavy atom. The minimum Gasteiger partial charge on any atom is -0.467 e. The lowest BCUT2D eigenvalue weighted by molar-refractivity contribution is -0.141. The number of halogens is 1. The van der Waals surface area contributed by atoms with Crippen molar-refractivity contribution in [3.63, 3.8) is 0 Å². The number of carbonyl (C=O) groups excluding carboxylic acids is 2. The number of para-hydroxylation sites is 1. The number of rotatable bonds is 3. The summed E-state index contributed by atoms with van der Waals surface area (Å²) in [6.07, 6.45) is 0. The molecule has 0 bridgehead atoms. The van der Waals surface area contributed by atoms with Crippen LogP contribution in [0.3, 0.4) is 0 Å². The number of anilines is 2. The molecule has 0 aliphatic carbocycles. The number of carbonyl (C=O) groups is 2. The van der Waals surface area contributed by atoms with Gasteiger partial charge in [-0.3, -0.25) is 4.79 Å². The van der Waals surface area contributed by atoms with Crippen molar-refractivity contribution in [3.8, 4) is 0 Å². The number of esters is 1. The summed E-state index contributed by atoms with van der Waals surface area (Å²) in [6.45, 7) is 1.52. The van der Waals surface area contributed by atoms with E-state index in [-0.39, 0.29) is 5.78 Å². The molecule has 0 N–H and O–H groups in total. The Kier molecular flexibility index (Phi) is 4.09. The van der Waals surface area contributed by atoms with Crippen molar-refractivity contribution in [3.05, 3.63) is 59.7 Å². The van der Waals surface area contributed by atoms with Crippen LogP contribution in [0.25, 0.3) is 0 Å². The molecule has 0 aromatic heterocycles. The van der Waals surface area contributed by atoms with Gasteiger partial charge in [-0.1, -0.05) is 18.2 Å². The normalized spacial score (nSPS) is 19.3. The summed E-state index contributed by atoms with van der Waals surface area (Å²) < 4.78 is 4.93. The fraction of sp³-hybridized carbons (Fsp3) is 0.222. The molecule has 4 nitrogen and oxygen atoms in total. The lowest BCUT2D eigenvalue weighted by Crippen LogP contribution is -2.37. The van der Waals surface area contributed by atoms with E-state index in [1.807, 2.05) is 41.3 Å². The fourth-order valence-electron chi connectivity index (χ4n) is 2.89. The first-order valence-electron chi connectivity index (χ1n) is 7.25. The standard InChI is InChI=1S/C18H16ClNO3/c1-11(21)12-7-9-13(10-8-12)20-15-6-4-3-5-14(15)16(19)17(20)18(22)23-2/h3-10,16-17H,1-2H3. The molecule has 0 spiro atoms. The third kappa shape index (κ3) is 2.59. The maximum atomic E-state index is 12.2. The highest BCUT2D eigenvalue weighted by Crippen LogP contribution is 2.47. The quantitative estimate of drug-likeness (QED) is 0.487. The zero-order valence-electron chi connectivity index (χ0n) is 12.8. The second-order valence-corrected chi connectivity index (χ2v) is 5.87. The Labute approximate surface area is 139 Å². The molecular weight excluding hydrogens is 314 g/mol. The molecule has 23 heavy (non-hydrogen) atoms. The lowest BCUT2D eigenvalue weighted by atomic mass is 10.1. The number of hydrogen-bond acceptors (Lipinski definition) is 4. The van der Waals surface area contributed by atoms with Gasteiger partial charge in [-0.15, -0.1) is 11.6 Å². The van der Waals surface area contributed by atoms with E-state index in [1.165, 1.54) is 14.0 Å². The molecule has 0 amide bonds. The van der Waals surface area contributed by atoms with Crippen LogP contribution in [0, 0.1) is 0 Å². The Hall–Kier alpha value is -2.33. The zero-order valence-corrected chi connectivity index (χ0v) is 13.6. The predicted octanol–water partition coefficient (Wildman–Crippen LogP) is 3.86. The van der Waals surface area contributed by atoms with E-state index < -0.39 is 17.4 Å². The van der Waals surface area contributed by atoms with Gasteiger partial charge in [-0.25, -0.2) is 4.79 Å². The van der Waals surface area contributed by atoms with Crippen LogP contribution in [-0.4, -0.2) is 24.9 Å². The predicted molar refractivity (Wildman–Crippen MR) is 89.4 cm³/mol. The van der Waals surface area contributed by atoms with Crippen LogP contribution >= 0.6 is 11.6 Å². The highest BCUT2D eigenvalue weighted by atomic mass is 35.5. The third-order valence-corrected chi connectivity index (χ3v) is 4.52. The van der Waals surface area contributed by atoms with Gasteiger partial charge in [0.15, 0.2) is 11.8 Å². The number of alkyl halides is 1. The van der Waals surface area contributed by atoms with Gasteiger partial charge in [0.25, 0.3) is 0 Å². The zero-order chi connectivity index (χ0) is 16.6. The van der Waals surface area contributed by atoms with Gasteiger partial charge >= 0.3 is 5.97 Å². The minimum absolute atomic E-state index is 0.00175. The Morgan fingerprint density at radius 1 is 1.09 bits per heavy atom. The summed E-state index contributed by atoms with van der Waals surface area (Å²) in [5.74, 6) is -0.394. The number of nitrogens with zero attached hydrogens (tertiary/aromatic N) is 1. The van der Waals surface area contributed by atoms with E-state index >= 15 is 0 Å². The first-order chi connectivity index (χ1) is 11.0. The van der Waals surface area contributed by atoms with Crippen LogP contribution in [0.15, 0.2) is 48.5 Å². The smallest absolute Gasteiger partial charge is 0.330 e. The molecule has 1 aliphatic heterocycles. The number of fused-ring (bicyclic) bond motifs is 1. The molecule has 1 heterocycles. The molecule has 2 aromatic carbocycles. The van der Waals surface area contributed by atoms with Gasteiger partial charge in [0.2, 0.25) is 0 Å². The monoisotopic (exact) mass is 329 g/mol. The topological polar surface area (TPSA) is 46.6 Å². The van der Waals surface area contributed by atoms with E-state index in [0.717, 1.165) is 16.9 Å². The molecule has 0 radical (unpaired) electrons. The maximum absolute atomic E-state index is 12.2. The molecule has 2 unspecified atom stereocenters. The van der Waals surface area contributed by atoms with Gasteiger partial charge in [-0.05, 0) is 42.8 Å². The average Bonchev–Trinajstić information content (AvgIpc) is 2.87. The fourth-order valence-corrected chi connectivity index (χ4v) is 3.29. The third-order valence-electron chi connectivity index (χ3n) is 4.04. The van der Waals surface area contributed by atoms with Gasteiger partial charge in [0.05, 0.1) is 12.5 Å². The number of ketones is 1. The first kappa shape index (κ1) is 15.6. The second-order valence-electron chi connectivity index (χ2n) is 5.40. The van der Waals surface area contributed by atoms with Crippen molar-refractivity contribution >= 4 is 34.7 Å². The number of Topliss-reactive ketones (excluding diaryl/α,β-unsaturated/α-hetero) is 1. The van der Waals surface area contributed by atoms with Crippen molar-refractivity contribution in [1.82, 2.24) is 0 Å². The summed E-state index contributed by atoms with van der Waals surface area (Å²) in [5.41, 5.74) is 3.18. The highest BCUT2D eigenvalue weighted by molar-refractivity contribution is 6.24. The molecular formula is C18H16ClNO3. The van der Waals surface area contributed by atoms with E-state index in [4.69, 9.17) is 16.3 Å². The number of methoxy groups -OCH3 is 1. The highest BCUT2D eigenvalue weighted by Gasteiger charge is 2.43. The largest absolute Gasteiger partial charge is 0.467 e. The van der Waals surface area contributed by atoms with Gasteiger partial charge in [0, 0.05) is 16.9 Å². The molecule has 2 atom stereocenters. The lowest BCUT2D eigenvalue weighted by Gasteiger charge is -2.26. The van der Waals surface area contributed by atoms with Crippen LogP contribution in [0.2, 0.25) is 0 Å². The number of hydrogen-bond donors (Lipinski definition) is 0. The van der Waals surface area contributed by atoms with Crippen molar-refractivity contribution in [2.45, 2.75) is 18.3 Å². The molecule has 118 valence electrons. The molecule has 0 fully saturated rings. The van der Waals surface area contributed by atoms with Gasteiger partial charge in [0.1, 0.15) is 0 Å². The van der Waals surface area contributed by atoms with E-state index in [1.54, 1.807) is 12.1 Å². The van der Waals surface area contributed by atoms with E-state index in [9.17, 15) is 9.59 Å². The maximum Gasteiger partial charge on any atom is 0.330 e. The minimum atomic E-state index is -0.637. The van der Waals surface area contributed by atoms with E-state index in [0.29, 0.717) is 5.56 Å². The molecule has 0 saturated carbocycles. The Morgan fingerprint density at radius 2 is 1.74 bits per heavy atom. The second kappa shape index (κ2) is 6.05. The van der Waals surface area contributed by atoms with Crippen molar-refractivity contribution in [2.75, 3.05) is 12.0 Å². The van der Waals surface area contributed by atoms with Gasteiger partial charge < -0.3 is 9.64 Å². The number of ether oxygens (including phenoxy) is 1. The van der Waals surface area contributed by atoms with Crippen LogP contribution in [0.4, 0.5) is 11.4 Å². The Bertz CT molecular complexity index is 757. The summed E-state index contributed by atoms with van der Waals surface area (Å²) in [4.78, 5) is 25.6. The summed E-state index contributed by atoms with van der Waals surface area (Å²) in [7, 11) is 1.35. The molecule has 5 heteroatoms. The molecule has 2 aromatic rings. The van der Waals surface area contributed by atoms with Gasteiger partial charge in [-0.2, -0.15) is 0 Å². The van der Waals surface area contributed by atoms with Crippen LogP contribution < -0.4 is 4.90 Å². The first-order valence-corrected chi connectivity index (χ1v) is 7.69. The van der Waals surface area contributed by atoms with E-state index in [2.05, 4.69) is 0 Å². The Balaban J connectivity index is 2.09. The molecule has 3 rings (SSSR count).